The number of likely N-dealkylation sites (tertiary alicyclic amines) is 1. The number of nitrogens with zero attached hydrogens (tertiary/aromatic N) is 2. The minimum Gasteiger partial charge on any atom is -0.378 e. The van der Waals surface area contributed by atoms with Crippen LogP contribution >= 0.6 is 0 Å². The minimum atomic E-state index is 0.116. The molecule has 2 saturated heterocycles. The van der Waals surface area contributed by atoms with Crippen molar-refractivity contribution >= 4 is 5.91 Å². The molecule has 1 atom stereocenters. The van der Waals surface area contributed by atoms with Crippen LogP contribution in [0.1, 0.15) is 38.5 Å². The summed E-state index contributed by atoms with van der Waals surface area (Å²) < 4.78 is 5.58. The minimum absolute atomic E-state index is 0.116. The standard InChI is InChI=1S/C14H23N3O2/c15-6-9-17-7-4-12(5-8-17)16-14(18)11-13-3-1-2-10-19-13/h12-13H,1-5,7-11H2,(H,16,18). The van der Waals surface area contributed by atoms with E-state index >= 15 is 0 Å². The van der Waals surface area contributed by atoms with Gasteiger partial charge in [-0.25, -0.2) is 0 Å². The Morgan fingerprint density at radius 1 is 1.32 bits per heavy atom. The fraction of sp³-hybridized carbons (Fsp3) is 0.857. The Kier molecular flexibility index (Phi) is 5.62. The van der Waals surface area contributed by atoms with E-state index in [0.29, 0.717) is 13.0 Å². The van der Waals surface area contributed by atoms with Crippen molar-refractivity contribution in [1.29, 1.82) is 5.26 Å². The summed E-state index contributed by atoms with van der Waals surface area (Å²) in [4.78, 5) is 14.1. The highest BCUT2D eigenvalue weighted by Gasteiger charge is 2.22. The van der Waals surface area contributed by atoms with E-state index in [1.165, 1.54) is 6.42 Å². The maximum Gasteiger partial charge on any atom is 0.222 e. The highest BCUT2D eigenvalue weighted by atomic mass is 16.5. The Hall–Kier alpha value is -1.12. The summed E-state index contributed by atoms with van der Waals surface area (Å²) >= 11 is 0. The van der Waals surface area contributed by atoms with Crippen LogP contribution in [0.4, 0.5) is 0 Å². The second-order valence-corrected chi connectivity index (χ2v) is 5.47. The van der Waals surface area contributed by atoms with E-state index in [1.54, 1.807) is 0 Å². The zero-order valence-corrected chi connectivity index (χ0v) is 11.4. The first-order valence-electron chi connectivity index (χ1n) is 7.28. The van der Waals surface area contributed by atoms with Crippen molar-refractivity contribution in [3.63, 3.8) is 0 Å². The summed E-state index contributed by atoms with van der Waals surface area (Å²) in [5, 5.41) is 11.7. The van der Waals surface area contributed by atoms with Gasteiger partial charge in [0.25, 0.3) is 0 Å². The van der Waals surface area contributed by atoms with Gasteiger partial charge in [-0.2, -0.15) is 5.26 Å². The monoisotopic (exact) mass is 265 g/mol. The van der Waals surface area contributed by atoms with Gasteiger partial charge < -0.3 is 10.1 Å². The fourth-order valence-electron chi connectivity index (χ4n) is 2.80. The lowest BCUT2D eigenvalue weighted by atomic mass is 10.0. The van der Waals surface area contributed by atoms with E-state index in [-0.39, 0.29) is 18.1 Å². The highest BCUT2D eigenvalue weighted by molar-refractivity contribution is 5.76. The third kappa shape index (κ3) is 4.81. The fourth-order valence-corrected chi connectivity index (χ4v) is 2.80. The molecular formula is C14H23N3O2. The van der Waals surface area contributed by atoms with Crippen LogP contribution in [-0.4, -0.2) is 49.2 Å². The summed E-state index contributed by atoms with van der Waals surface area (Å²) in [5.41, 5.74) is 0. The molecular weight excluding hydrogens is 242 g/mol. The summed E-state index contributed by atoms with van der Waals surface area (Å²) in [5.74, 6) is 0.116. The number of amides is 1. The van der Waals surface area contributed by atoms with Gasteiger partial charge >= 0.3 is 0 Å². The van der Waals surface area contributed by atoms with Crippen molar-refractivity contribution in [3.8, 4) is 6.07 Å². The second-order valence-electron chi connectivity index (χ2n) is 5.47. The molecule has 2 fully saturated rings. The van der Waals surface area contributed by atoms with Crippen molar-refractivity contribution in [1.82, 2.24) is 10.2 Å². The molecule has 0 radical (unpaired) electrons. The Morgan fingerprint density at radius 3 is 2.74 bits per heavy atom. The Labute approximate surface area is 114 Å². The molecule has 2 aliphatic rings. The van der Waals surface area contributed by atoms with Gasteiger partial charge in [-0.05, 0) is 32.1 Å². The Balaban J connectivity index is 1.64. The maximum absolute atomic E-state index is 11.9. The molecule has 5 heteroatoms. The van der Waals surface area contributed by atoms with E-state index < -0.39 is 0 Å². The molecule has 0 aromatic rings. The SMILES string of the molecule is N#CCN1CCC(NC(=O)CC2CCCCO2)CC1. The predicted octanol–water partition coefficient (Wildman–Crippen LogP) is 1.05. The lowest BCUT2D eigenvalue weighted by Crippen LogP contribution is -2.45. The van der Waals surface area contributed by atoms with E-state index in [2.05, 4.69) is 16.3 Å². The molecule has 0 bridgehead atoms. The molecule has 1 unspecified atom stereocenters. The van der Waals surface area contributed by atoms with Gasteiger partial charge in [0, 0.05) is 25.7 Å². The summed E-state index contributed by atoms with van der Waals surface area (Å²) in [6.07, 6.45) is 5.80. The van der Waals surface area contributed by atoms with Crippen LogP contribution < -0.4 is 5.32 Å². The average molecular weight is 265 g/mol. The molecule has 1 N–H and O–H groups in total. The first-order valence-corrected chi connectivity index (χ1v) is 7.28. The molecule has 0 aromatic heterocycles. The van der Waals surface area contributed by atoms with Crippen LogP contribution in [0, 0.1) is 11.3 Å². The quantitative estimate of drug-likeness (QED) is 0.772. The molecule has 19 heavy (non-hydrogen) atoms. The number of carbonyl (C=O) groups is 1. The van der Waals surface area contributed by atoms with Crippen LogP contribution in [0.5, 0.6) is 0 Å². The normalized spacial score (nSPS) is 25.7. The summed E-state index contributed by atoms with van der Waals surface area (Å²) in [6.45, 7) is 3.10. The molecule has 106 valence electrons. The zero-order valence-electron chi connectivity index (χ0n) is 11.4. The van der Waals surface area contributed by atoms with Crippen molar-refractivity contribution in [3.05, 3.63) is 0 Å². The molecule has 2 rings (SSSR count). The molecule has 5 nitrogen and oxygen atoms in total. The number of ether oxygens (including phenoxy) is 1. The second kappa shape index (κ2) is 7.46. The van der Waals surface area contributed by atoms with E-state index in [0.717, 1.165) is 45.4 Å². The summed E-state index contributed by atoms with van der Waals surface area (Å²) in [7, 11) is 0. The smallest absolute Gasteiger partial charge is 0.222 e. The van der Waals surface area contributed by atoms with Gasteiger partial charge in [-0.15, -0.1) is 0 Å². The van der Waals surface area contributed by atoms with Crippen LogP contribution in [0.3, 0.4) is 0 Å². The van der Waals surface area contributed by atoms with Crippen LogP contribution in [0.2, 0.25) is 0 Å². The van der Waals surface area contributed by atoms with Gasteiger partial charge in [0.15, 0.2) is 0 Å². The van der Waals surface area contributed by atoms with Crippen LogP contribution in [0.15, 0.2) is 0 Å². The van der Waals surface area contributed by atoms with Crippen LogP contribution in [0.25, 0.3) is 0 Å². The third-order valence-corrected chi connectivity index (χ3v) is 3.93. The van der Waals surface area contributed by atoms with Gasteiger partial charge in [-0.1, -0.05) is 0 Å². The lowest BCUT2D eigenvalue weighted by molar-refractivity contribution is -0.125. The van der Waals surface area contributed by atoms with Crippen LogP contribution in [-0.2, 0) is 9.53 Å². The molecule has 0 aliphatic carbocycles. The number of nitriles is 1. The van der Waals surface area contributed by atoms with Crippen molar-refractivity contribution in [2.75, 3.05) is 26.2 Å². The molecule has 2 aliphatic heterocycles. The van der Waals surface area contributed by atoms with Gasteiger partial charge in [0.2, 0.25) is 5.91 Å². The third-order valence-electron chi connectivity index (χ3n) is 3.93. The average Bonchev–Trinajstić information content (AvgIpc) is 2.42. The number of piperidine rings is 1. The van der Waals surface area contributed by atoms with Gasteiger partial charge in [-0.3, -0.25) is 9.69 Å². The Bertz CT molecular complexity index is 326. The highest BCUT2D eigenvalue weighted by Crippen LogP contribution is 2.16. The topological polar surface area (TPSA) is 65.4 Å². The summed E-state index contributed by atoms with van der Waals surface area (Å²) in [6, 6.07) is 2.44. The number of hydrogen-bond acceptors (Lipinski definition) is 4. The molecule has 2 heterocycles. The van der Waals surface area contributed by atoms with E-state index in [9.17, 15) is 4.79 Å². The molecule has 1 amide bonds. The number of nitrogens with one attached hydrogen (secondary N) is 1. The number of carbonyl (C=O) groups excluding carboxylic acids is 1. The molecule has 0 saturated carbocycles. The predicted molar refractivity (Wildman–Crippen MR) is 71.4 cm³/mol. The van der Waals surface area contributed by atoms with Crippen molar-refractivity contribution in [2.45, 2.75) is 50.7 Å². The van der Waals surface area contributed by atoms with Gasteiger partial charge in [0.1, 0.15) is 0 Å². The first kappa shape index (κ1) is 14.3. The number of rotatable bonds is 4. The lowest BCUT2D eigenvalue weighted by Gasteiger charge is -2.31. The molecule has 0 aromatic carbocycles. The van der Waals surface area contributed by atoms with E-state index in [1.807, 2.05) is 0 Å². The van der Waals surface area contributed by atoms with Crippen molar-refractivity contribution in [2.24, 2.45) is 0 Å². The number of hydrogen-bond donors (Lipinski definition) is 1. The maximum atomic E-state index is 11.9. The van der Waals surface area contributed by atoms with E-state index in [4.69, 9.17) is 10.00 Å². The first-order chi connectivity index (χ1) is 9.28. The van der Waals surface area contributed by atoms with Crippen molar-refractivity contribution < 1.29 is 9.53 Å². The molecule has 0 spiro atoms. The zero-order chi connectivity index (χ0) is 13.5. The largest absolute Gasteiger partial charge is 0.378 e. The Morgan fingerprint density at radius 2 is 2.11 bits per heavy atom. The van der Waals surface area contributed by atoms with Gasteiger partial charge in [0.05, 0.1) is 25.1 Å².